The molecule has 0 bridgehead atoms. The van der Waals surface area contributed by atoms with Crippen molar-refractivity contribution < 1.29 is 9.50 Å². The van der Waals surface area contributed by atoms with Crippen molar-refractivity contribution in [3.8, 4) is 0 Å². The molecular weight excluding hydrogens is 83.0 g/mol. The Morgan fingerprint density at radius 2 is 2.33 bits per heavy atom. The smallest absolute Gasteiger partial charge is 0.115 e. The van der Waals surface area contributed by atoms with E-state index in [0.29, 0.717) is 6.42 Å². The van der Waals surface area contributed by atoms with Gasteiger partial charge in [0, 0.05) is 0 Å². The molecule has 0 saturated carbocycles. The van der Waals surface area contributed by atoms with Crippen LogP contribution in [0.3, 0.4) is 0 Å². The topological polar surface area (TPSA) is 20.2 Å². The molecule has 0 unspecified atom stereocenters. The summed E-state index contributed by atoms with van der Waals surface area (Å²) < 4.78 is 11.1. The van der Waals surface area contributed by atoms with Gasteiger partial charge < -0.3 is 5.11 Å². The van der Waals surface area contributed by atoms with Gasteiger partial charge in [-0.1, -0.05) is 6.92 Å². The van der Waals surface area contributed by atoms with Crippen molar-refractivity contribution in [1.82, 2.24) is 0 Å². The van der Waals surface area contributed by atoms with Gasteiger partial charge in [0.05, 0.1) is 6.10 Å². The molecule has 0 aliphatic carbocycles. The van der Waals surface area contributed by atoms with Crippen LogP contribution in [-0.4, -0.2) is 17.9 Å². The molecule has 0 spiro atoms. The lowest BCUT2D eigenvalue weighted by atomic mass is 10.3. The van der Waals surface area contributed by atoms with Crippen LogP contribution in [0, 0.1) is 0 Å². The summed E-state index contributed by atoms with van der Waals surface area (Å²) in [5.41, 5.74) is 0. The van der Waals surface area contributed by atoms with Crippen LogP contribution in [0.15, 0.2) is 0 Å². The average Bonchev–Trinajstić information content (AvgIpc) is 1.65. The second kappa shape index (κ2) is 3.09. The molecule has 6 heavy (non-hydrogen) atoms. The van der Waals surface area contributed by atoms with Gasteiger partial charge in [-0.3, -0.25) is 0 Å². The highest BCUT2D eigenvalue weighted by Gasteiger charge is 1.94. The van der Waals surface area contributed by atoms with E-state index in [9.17, 15) is 4.39 Å². The minimum Gasteiger partial charge on any atom is -0.390 e. The number of aliphatic hydroxyl groups is 1. The molecule has 0 aliphatic rings. The largest absolute Gasteiger partial charge is 0.390 e. The lowest BCUT2D eigenvalue weighted by molar-refractivity contribution is 0.136. The SMILES string of the molecule is CC[C@@H](O)CF. The molecule has 0 radical (unpaired) electrons. The van der Waals surface area contributed by atoms with Crippen molar-refractivity contribution in [1.29, 1.82) is 0 Å². The van der Waals surface area contributed by atoms with E-state index in [1.807, 2.05) is 0 Å². The molecule has 2 heteroatoms. The molecule has 0 aromatic rings. The summed E-state index contributed by atoms with van der Waals surface area (Å²) in [6.45, 7) is 1.13. The lowest BCUT2D eigenvalue weighted by Crippen LogP contribution is -2.05. The van der Waals surface area contributed by atoms with Gasteiger partial charge in [0.25, 0.3) is 0 Å². The number of rotatable bonds is 2. The minimum atomic E-state index is -0.731. The van der Waals surface area contributed by atoms with Crippen molar-refractivity contribution in [2.45, 2.75) is 19.4 Å². The zero-order valence-corrected chi connectivity index (χ0v) is 3.82. The van der Waals surface area contributed by atoms with Gasteiger partial charge in [-0.15, -0.1) is 0 Å². The molecule has 1 atom stereocenters. The van der Waals surface area contributed by atoms with E-state index in [1.165, 1.54) is 0 Å². The summed E-state index contributed by atoms with van der Waals surface area (Å²) in [5.74, 6) is 0. The lowest BCUT2D eigenvalue weighted by Gasteiger charge is -1.95. The van der Waals surface area contributed by atoms with Crippen LogP contribution in [0.4, 0.5) is 4.39 Å². The van der Waals surface area contributed by atoms with Crippen LogP contribution in [-0.2, 0) is 0 Å². The first-order valence-corrected chi connectivity index (χ1v) is 2.05. The highest BCUT2D eigenvalue weighted by Crippen LogP contribution is 1.87. The first-order chi connectivity index (χ1) is 2.81. The van der Waals surface area contributed by atoms with Crippen molar-refractivity contribution in [2.75, 3.05) is 6.67 Å². The molecule has 0 amide bonds. The fourth-order valence-electron chi connectivity index (χ4n) is 0.109. The Hall–Kier alpha value is -0.110. The fourth-order valence-corrected chi connectivity index (χ4v) is 0.109. The molecule has 0 fully saturated rings. The Kier molecular flexibility index (Phi) is 3.04. The number of alkyl halides is 1. The zero-order valence-electron chi connectivity index (χ0n) is 3.82. The molecule has 0 heterocycles. The van der Waals surface area contributed by atoms with Crippen molar-refractivity contribution in [3.63, 3.8) is 0 Å². The second-order valence-corrected chi connectivity index (χ2v) is 1.22. The standard InChI is InChI=1S/C4H9FO/c1-2-4(6)3-5/h4,6H,2-3H2,1H3/t4-/m1/s1. The Morgan fingerprint density at radius 3 is 2.33 bits per heavy atom. The average molecular weight is 92.1 g/mol. The predicted octanol–water partition coefficient (Wildman–Crippen LogP) is 0.727. The maximum absolute atomic E-state index is 11.1. The van der Waals surface area contributed by atoms with Crippen LogP contribution in [0.2, 0.25) is 0 Å². The zero-order chi connectivity index (χ0) is 4.99. The maximum atomic E-state index is 11.1. The van der Waals surface area contributed by atoms with E-state index in [1.54, 1.807) is 6.92 Å². The molecular formula is C4H9FO. The first kappa shape index (κ1) is 5.89. The molecule has 1 nitrogen and oxygen atoms in total. The number of hydrogen-bond donors (Lipinski definition) is 1. The Balaban J connectivity index is 2.75. The third kappa shape index (κ3) is 2.15. The summed E-state index contributed by atoms with van der Waals surface area (Å²) >= 11 is 0. The summed E-state index contributed by atoms with van der Waals surface area (Å²) in [4.78, 5) is 0. The van der Waals surface area contributed by atoms with Crippen molar-refractivity contribution >= 4 is 0 Å². The Bertz CT molecular complexity index is 26.7. The number of aliphatic hydroxyl groups excluding tert-OH is 1. The molecule has 1 N–H and O–H groups in total. The Morgan fingerprint density at radius 1 is 1.83 bits per heavy atom. The molecule has 0 rings (SSSR count). The van der Waals surface area contributed by atoms with E-state index in [-0.39, 0.29) is 0 Å². The van der Waals surface area contributed by atoms with Crippen molar-refractivity contribution in [3.05, 3.63) is 0 Å². The van der Waals surface area contributed by atoms with Gasteiger partial charge in [-0.25, -0.2) is 4.39 Å². The third-order valence-corrected chi connectivity index (χ3v) is 0.649. The van der Waals surface area contributed by atoms with E-state index in [0.717, 1.165) is 0 Å². The van der Waals surface area contributed by atoms with Crippen LogP contribution < -0.4 is 0 Å². The normalized spacial score (nSPS) is 14.5. The quantitative estimate of drug-likeness (QED) is 0.532. The van der Waals surface area contributed by atoms with Crippen molar-refractivity contribution in [2.24, 2.45) is 0 Å². The highest BCUT2D eigenvalue weighted by molar-refractivity contribution is 4.44. The minimum absolute atomic E-state index is 0.510. The van der Waals surface area contributed by atoms with Gasteiger partial charge in [-0.2, -0.15) is 0 Å². The predicted molar refractivity (Wildman–Crippen MR) is 22.3 cm³/mol. The maximum Gasteiger partial charge on any atom is 0.115 e. The third-order valence-electron chi connectivity index (χ3n) is 0.649. The molecule has 0 aliphatic heterocycles. The summed E-state index contributed by atoms with van der Waals surface area (Å²) in [7, 11) is 0. The Labute approximate surface area is 36.8 Å². The van der Waals surface area contributed by atoms with Gasteiger partial charge in [-0.05, 0) is 6.42 Å². The van der Waals surface area contributed by atoms with E-state index < -0.39 is 12.8 Å². The van der Waals surface area contributed by atoms with E-state index in [2.05, 4.69) is 0 Å². The monoisotopic (exact) mass is 92.1 g/mol. The second-order valence-electron chi connectivity index (χ2n) is 1.22. The molecule has 0 aromatic carbocycles. The van der Waals surface area contributed by atoms with Crippen LogP contribution >= 0.6 is 0 Å². The van der Waals surface area contributed by atoms with E-state index >= 15 is 0 Å². The number of hydrogen-bond acceptors (Lipinski definition) is 1. The summed E-state index contributed by atoms with van der Waals surface area (Å²) in [6.07, 6.45) is -0.221. The number of halogens is 1. The first-order valence-electron chi connectivity index (χ1n) is 2.05. The molecule has 0 aromatic heterocycles. The van der Waals surface area contributed by atoms with Gasteiger partial charge in [0.2, 0.25) is 0 Å². The van der Waals surface area contributed by atoms with Crippen LogP contribution in [0.1, 0.15) is 13.3 Å². The fraction of sp³-hybridized carbons (Fsp3) is 1.00. The van der Waals surface area contributed by atoms with Gasteiger partial charge in [0.1, 0.15) is 6.67 Å². The summed E-state index contributed by atoms with van der Waals surface area (Å²) in [6, 6.07) is 0. The van der Waals surface area contributed by atoms with Gasteiger partial charge in [0.15, 0.2) is 0 Å². The summed E-state index contributed by atoms with van der Waals surface area (Å²) in [5, 5.41) is 8.29. The van der Waals surface area contributed by atoms with E-state index in [4.69, 9.17) is 5.11 Å². The molecule has 38 valence electrons. The van der Waals surface area contributed by atoms with Crippen LogP contribution in [0.25, 0.3) is 0 Å². The highest BCUT2D eigenvalue weighted by atomic mass is 19.1. The van der Waals surface area contributed by atoms with Gasteiger partial charge >= 0.3 is 0 Å². The molecule has 0 saturated heterocycles. The van der Waals surface area contributed by atoms with Crippen LogP contribution in [0.5, 0.6) is 0 Å².